The van der Waals surface area contributed by atoms with Crippen LogP contribution in [0, 0.1) is 5.92 Å². The van der Waals surface area contributed by atoms with Crippen LogP contribution in [0.5, 0.6) is 0 Å². The minimum atomic E-state index is -0.330. The second kappa shape index (κ2) is 6.19. The van der Waals surface area contributed by atoms with Gasteiger partial charge in [-0.1, -0.05) is 37.0 Å². The molecule has 0 saturated carbocycles. The van der Waals surface area contributed by atoms with Gasteiger partial charge in [0, 0.05) is 5.56 Å². The van der Waals surface area contributed by atoms with Crippen LogP contribution in [0.2, 0.25) is 10.3 Å². The van der Waals surface area contributed by atoms with Crippen LogP contribution in [0.1, 0.15) is 24.2 Å². The molecule has 94 valence electrons. The molecule has 1 atom stereocenters. The Bertz CT molecular complexity index is 390. The molecule has 2 N–H and O–H groups in total. The van der Waals surface area contributed by atoms with E-state index in [1.165, 1.54) is 12.1 Å². The van der Waals surface area contributed by atoms with E-state index in [9.17, 15) is 4.79 Å². The zero-order valence-corrected chi connectivity index (χ0v) is 11.1. The average molecular weight is 277 g/mol. The van der Waals surface area contributed by atoms with Crippen LogP contribution in [0.4, 0.5) is 0 Å². The summed E-state index contributed by atoms with van der Waals surface area (Å²) in [4.78, 5) is 15.6. The molecule has 0 aliphatic carbocycles. The van der Waals surface area contributed by atoms with Crippen molar-refractivity contribution in [3.8, 4) is 0 Å². The first-order valence-corrected chi connectivity index (χ1v) is 5.94. The maximum absolute atomic E-state index is 11.9. The Morgan fingerprint density at radius 2 is 1.94 bits per heavy atom. The molecule has 6 heteroatoms. The molecule has 1 heterocycles. The van der Waals surface area contributed by atoms with Gasteiger partial charge in [-0.2, -0.15) is 0 Å². The second-order valence-corrected chi connectivity index (χ2v) is 4.78. The van der Waals surface area contributed by atoms with Gasteiger partial charge in [-0.3, -0.25) is 4.79 Å². The molecule has 1 aromatic rings. The lowest BCUT2D eigenvalue weighted by atomic mass is 10.1. The number of hydrogen-bond acceptors (Lipinski definition) is 3. The van der Waals surface area contributed by atoms with Gasteiger partial charge in [0.15, 0.2) is 0 Å². The van der Waals surface area contributed by atoms with E-state index in [-0.39, 0.29) is 34.8 Å². The molecule has 0 unspecified atom stereocenters. The molecule has 0 saturated heterocycles. The summed E-state index contributed by atoms with van der Waals surface area (Å²) in [5.41, 5.74) is 0.328. The summed E-state index contributed by atoms with van der Waals surface area (Å²) in [7, 11) is 0. The zero-order valence-electron chi connectivity index (χ0n) is 9.58. The van der Waals surface area contributed by atoms with E-state index in [1.807, 2.05) is 13.8 Å². The molecule has 17 heavy (non-hydrogen) atoms. The number of amides is 1. The Morgan fingerprint density at radius 1 is 1.41 bits per heavy atom. The molecule has 1 amide bonds. The van der Waals surface area contributed by atoms with Gasteiger partial charge in [0.25, 0.3) is 5.91 Å². The van der Waals surface area contributed by atoms with Crippen LogP contribution < -0.4 is 5.32 Å². The molecule has 0 aromatic carbocycles. The van der Waals surface area contributed by atoms with Gasteiger partial charge in [-0.05, 0) is 18.1 Å². The number of nitrogens with zero attached hydrogens (tertiary/aromatic N) is 1. The van der Waals surface area contributed by atoms with E-state index >= 15 is 0 Å². The first-order valence-electron chi connectivity index (χ1n) is 5.19. The topological polar surface area (TPSA) is 62.2 Å². The Hall–Kier alpha value is -0.840. The van der Waals surface area contributed by atoms with Crippen molar-refractivity contribution in [3.63, 3.8) is 0 Å². The van der Waals surface area contributed by atoms with Gasteiger partial charge >= 0.3 is 0 Å². The van der Waals surface area contributed by atoms with Crippen LogP contribution in [0.15, 0.2) is 12.1 Å². The number of aliphatic hydroxyl groups is 1. The maximum Gasteiger partial charge on any atom is 0.251 e. The molecular weight excluding hydrogens is 263 g/mol. The van der Waals surface area contributed by atoms with E-state index in [4.69, 9.17) is 28.3 Å². The Labute approximate surface area is 110 Å². The first-order chi connectivity index (χ1) is 7.93. The Morgan fingerprint density at radius 3 is 2.35 bits per heavy atom. The lowest BCUT2D eigenvalue weighted by Gasteiger charge is -2.19. The summed E-state index contributed by atoms with van der Waals surface area (Å²) in [6.45, 7) is 3.71. The number of aliphatic hydroxyl groups excluding tert-OH is 1. The highest BCUT2D eigenvalue weighted by molar-refractivity contribution is 6.33. The van der Waals surface area contributed by atoms with Crippen molar-refractivity contribution in [1.29, 1.82) is 0 Å². The lowest BCUT2D eigenvalue weighted by molar-refractivity contribution is 0.0896. The Kier molecular flexibility index (Phi) is 5.18. The monoisotopic (exact) mass is 276 g/mol. The van der Waals surface area contributed by atoms with Crippen molar-refractivity contribution in [2.45, 2.75) is 19.9 Å². The van der Waals surface area contributed by atoms with Crippen molar-refractivity contribution >= 4 is 29.1 Å². The second-order valence-electron chi connectivity index (χ2n) is 4.01. The minimum Gasteiger partial charge on any atom is -0.394 e. The lowest BCUT2D eigenvalue weighted by Crippen LogP contribution is -2.41. The summed E-state index contributed by atoms with van der Waals surface area (Å²) in [5.74, 6) is -0.194. The third kappa shape index (κ3) is 4.15. The average Bonchev–Trinajstić information content (AvgIpc) is 2.23. The molecule has 1 rings (SSSR count). The number of carbonyl (C=O) groups is 1. The number of pyridine rings is 1. The van der Waals surface area contributed by atoms with Crippen molar-refractivity contribution in [1.82, 2.24) is 10.3 Å². The standard InChI is InChI=1S/C11H14Cl2N2O2/c1-6(2)8(5-16)14-11(17)7-3-9(12)15-10(13)4-7/h3-4,6,8,16H,5H2,1-2H3,(H,14,17)/t8-/m1/s1. The van der Waals surface area contributed by atoms with Crippen molar-refractivity contribution in [2.75, 3.05) is 6.61 Å². The number of rotatable bonds is 4. The van der Waals surface area contributed by atoms with E-state index in [0.29, 0.717) is 5.56 Å². The van der Waals surface area contributed by atoms with Gasteiger partial charge in [0.05, 0.1) is 12.6 Å². The molecule has 0 aliphatic heterocycles. The fourth-order valence-electron chi connectivity index (χ4n) is 1.27. The number of aromatic nitrogens is 1. The maximum atomic E-state index is 11.9. The molecule has 1 aromatic heterocycles. The van der Waals surface area contributed by atoms with E-state index < -0.39 is 0 Å². The summed E-state index contributed by atoms with van der Waals surface area (Å²) < 4.78 is 0. The van der Waals surface area contributed by atoms with E-state index in [1.54, 1.807) is 0 Å². The fraction of sp³-hybridized carbons (Fsp3) is 0.455. The molecule has 0 aliphatic rings. The van der Waals surface area contributed by atoms with Crippen LogP contribution >= 0.6 is 23.2 Å². The van der Waals surface area contributed by atoms with Gasteiger partial charge in [0.1, 0.15) is 10.3 Å². The summed E-state index contributed by atoms with van der Waals surface area (Å²) in [6, 6.07) is 2.56. The van der Waals surface area contributed by atoms with Crippen molar-refractivity contribution in [2.24, 2.45) is 5.92 Å². The summed E-state index contributed by atoms with van der Waals surface area (Å²) in [6.07, 6.45) is 0. The third-order valence-corrected chi connectivity index (χ3v) is 2.73. The van der Waals surface area contributed by atoms with Gasteiger partial charge in [-0.25, -0.2) is 4.98 Å². The number of carbonyl (C=O) groups excluding carboxylic acids is 1. The predicted molar refractivity (Wildman–Crippen MR) is 67.4 cm³/mol. The normalized spacial score (nSPS) is 12.6. The molecule has 0 fully saturated rings. The SMILES string of the molecule is CC(C)[C@@H](CO)NC(=O)c1cc(Cl)nc(Cl)c1. The van der Waals surface area contributed by atoms with Gasteiger partial charge in [-0.15, -0.1) is 0 Å². The number of halogens is 2. The summed E-state index contributed by atoms with van der Waals surface area (Å²) in [5, 5.41) is 12.1. The fourth-order valence-corrected chi connectivity index (χ4v) is 1.73. The van der Waals surface area contributed by atoms with Crippen molar-refractivity contribution in [3.05, 3.63) is 28.0 Å². The zero-order chi connectivity index (χ0) is 13.0. The van der Waals surface area contributed by atoms with Crippen LogP contribution in [-0.2, 0) is 0 Å². The predicted octanol–water partition coefficient (Wildman–Crippen LogP) is 2.14. The quantitative estimate of drug-likeness (QED) is 0.829. The molecule has 4 nitrogen and oxygen atoms in total. The summed E-state index contributed by atoms with van der Waals surface area (Å²) >= 11 is 11.4. The first kappa shape index (κ1) is 14.2. The Balaban J connectivity index is 2.82. The minimum absolute atomic E-state index is 0.115. The number of nitrogens with one attached hydrogen (secondary N) is 1. The van der Waals surface area contributed by atoms with Gasteiger partial charge < -0.3 is 10.4 Å². The smallest absolute Gasteiger partial charge is 0.251 e. The highest BCUT2D eigenvalue weighted by atomic mass is 35.5. The van der Waals surface area contributed by atoms with Crippen LogP contribution in [0.25, 0.3) is 0 Å². The van der Waals surface area contributed by atoms with Gasteiger partial charge in [0.2, 0.25) is 0 Å². The molecule has 0 spiro atoms. The third-order valence-electron chi connectivity index (χ3n) is 2.34. The largest absolute Gasteiger partial charge is 0.394 e. The highest BCUT2D eigenvalue weighted by Gasteiger charge is 2.17. The highest BCUT2D eigenvalue weighted by Crippen LogP contribution is 2.15. The van der Waals surface area contributed by atoms with Crippen LogP contribution in [-0.4, -0.2) is 28.6 Å². The van der Waals surface area contributed by atoms with Crippen molar-refractivity contribution < 1.29 is 9.90 Å². The van der Waals surface area contributed by atoms with E-state index in [0.717, 1.165) is 0 Å². The van der Waals surface area contributed by atoms with Crippen LogP contribution in [0.3, 0.4) is 0 Å². The molecule has 0 bridgehead atoms. The molecule has 0 radical (unpaired) electrons. The van der Waals surface area contributed by atoms with E-state index in [2.05, 4.69) is 10.3 Å². The molecular formula is C11H14Cl2N2O2. The number of hydrogen-bond donors (Lipinski definition) is 2.